The van der Waals surface area contributed by atoms with Crippen molar-refractivity contribution in [3.05, 3.63) is 0 Å². The largest absolute Gasteiger partial charge is 0.393 e. The second-order valence-electron chi connectivity index (χ2n) is 4.46. The van der Waals surface area contributed by atoms with Crippen LogP contribution in [0.5, 0.6) is 0 Å². The van der Waals surface area contributed by atoms with Crippen molar-refractivity contribution in [1.29, 1.82) is 0 Å². The Bertz CT molecular complexity index is 114. The minimum atomic E-state index is -0.0110. The van der Waals surface area contributed by atoms with Gasteiger partial charge in [-0.3, -0.25) is 0 Å². The molecule has 0 saturated heterocycles. The van der Waals surface area contributed by atoms with Gasteiger partial charge in [-0.15, -0.1) is 0 Å². The van der Waals surface area contributed by atoms with Gasteiger partial charge >= 0.3 is 0 Å². The van der Waals surface area contributed by atoms with Crippen LogP contribution < -0.4 is 0 Å². The molecule has 1 fully saturated rings. The molecule has 0 amide bonds. The number of hydrogen-bond acceptors (Lipinski definition) is 1. The van der Waals surface area contributed by atoms with E-state index < -0.39 is 0 Å². The van der Waals surface area contributed by atoms with Crippen molar-refractivity contribution in [2.75, 3.05) is 0 Å². The number of aliphatic hydroxyl groups is 1. The molecule has 0 bridgehead atoms. The lowest BCUT2D eigenvalue weighted by Gasteiger charge is -2.24. The number of hydrogen-bond donors (Lipinski definition) is 1. The summed E-state index contributed by atoms with van der Waals surface area (Å²) in [5, 5.41) is 9.89. The first-order valence-electron chi connectivity index (χ1n) is 6.02. The first-order valence-corrected chi connectivity index (χ1v) is 6.02. The van der Waals surface area contributed by atoms with Crippen molar-refractivity contribution in [1.82, 2.24) is 0 Å². The normalized spacial score (nSPS) is 23.5. The molecule has 1 unspecified atom stereocenters. The van der Waals surface area contributed by atoms with E-state index in [1.165, 1.54) is 44.9 Å². The Kier molecular flexibility index (Phi) is 5.45. The Labute approximate surface area is 82.5 Å². The summed E-state index contributed by atoms with van der Waals surface area (Å²) in [4.78, 5) is 0. The topological polar surface area (TPSA) is 20.2 Å². The van der Waals surface area contributed by atoms with Crippen molar-refractivity contribution in [3.63, 3.8) is 0 Å². The van der Waals surface area contributed by atoms with Gasteiger partial charge in [0, 0.05) is 0 Å². The smallest absolute Gasteiger partial charge is 0.0568 e. The molecule has 1 saturated carbocycles. The first-order chi connectivity index (χ1) is 6.34. The van der Waals surface area contributed by atoms with E-state index in [9.17, 15) is 5.11 Å². The highest BCUT2D eigenvalue weighted by Crippen LogP contribution is 2.26. The number of rotatable bonds is 3. The summed E-state index contributed by atoms with van der Waals surface area (Å²) < 4.78 is 0. The van der Waals surface area contributed by atoms with E-state index in [2.05, 4.69) is 6.92 Å². The monoisotopic (exact) mass is 184 g/mol. The highest BCUT2D eigenvalue weighted by Gasteiger charge is 2.18. The summed E-state index contributed by atoms with van der Waals surface area (Å²) in [5.41, 5.74) is 0. The van der Waals surface area contributed by atoms with Crippen LogP contribution in [-0.4, -0.2) is 11.2 Å². The molecule has 0 aromatic rings. The Balaban J connectivity index is 2.27. The minimum absolute atomic E-state index is 0.0110. The second kappa shape index (κ2) is 6.42. The Hall–Kier alpha value is -0.0400. The highest BCUT2D eigenvalue weighted by molar-refractivity contribution is 4.70. The van der Waals surface area contributed by atoms with E-state index in [1.807, 2.05) is 0 Å². The van der Waals surface area contributed by atoms with Crippen LogP contribution in [0.1, 0.15) is 64.7 Å². The molecule has 78 valence electrons. The van der Waals surface area contributed by atoms with E-state index in [4.69, 9.17) is 0 Å². The second-order valence-corrected chi connectivity index (χ2v) is 4.46. The molecular formula is C12H24O. The van der Waals surface area contributed by atoms with Crippen LogP contribution in [0.4, 0.5) is 0 Å². The highest BCUT2D eigenvalue weighted by atomic mass is 16.3. The van der Waals surface area contributed by atoms with Gasteiger partial charge in [0.05, 0.1) is 6.10 Å². The van der Waals surface area contributed by atoms with Crippen molar-refractivity contribution >= 4 is 0 Å². The third-order valence-electron chi connectivity index (χ3n) is 3.28. The van der Waals surface area contributed by atoms with Gasteiger partial charge in [-0.1, -0.05) is 45.4 Å². The lowest BCUT2D eigenvalue weighted by Crippen LogP contribution is -2.21. The van der Waals surface area contributed by atoms with Crippen LogP contribution in [-0.2, 0) is 0 Å². The maximum atomic E-state index is 9.89. The van der Waals surface area contributed by atoms with Gasteiger partial charge in [-0.2, -0.15) is 0 Å². The fourth-order valence-corrected chi connectivity index (χ4v) is 2.40. The summed E-state index contributed by atoms with van der Waals surface area (Å²) in [6.45, 7) is 2.16. The molecule has 1 nitrogen and oxygen atoms in total. The molecule has 0 heterocycles. The van der Waals surface area contributed by atoms with Crippen molar-refractivity contribution in [3.8, 4) is 0 Å². The molecule has 1 aliphatic rings. The van der Waals surface area contributed by atoms with Crippen LogP contribution in [0, 0.1) is 5.92 Å². The fourth-order valence-electron chi connectivity index (χ4n) is 2.40. The summed E-state index contributed by atoms with van der Waals surface area (Å²) in [6, 6.07) is 0. The maximum absolute atomic E-state index is 9.89. The molecule has 1 rings (SSSR count). The Morgan fingerprint density at radius 1 is 1.08 bits per heavy atom. The van der Waals surface area contributed by atoms with E-state index in [1.54, 1.807) is 0 Å². The zero-order valence-corrected chi connectivity index (χ0v) is 8.97. The average molecular weight is 184 g/mol. The molecular weight excluding hydrogens is 160 g/mol. The van der Waals surface area contributed by atoms with Crippen molar-refractivity contribution < 1.29 is 5.11 Å². The fraction of sp³-hybridized carbons (Fsp3) is 1.00. The van der Waals surface area contributed by atoms with Gasteiger partial charge in [0.15, 0.2) is 0 Å². The minimum Gasteiger partial charge on any atom is -0.393 e. The van der Waals surface area contributed by atoms with E-state index in [0.717, 1.165) is 12.8 Å². The molecule has 1 heteroatoms. The molecule has 1 N–H and O–H groups in total. The van der Waals surface area contributed by atoms with Crippen molar-refractivity contribution in [2.45, 2.75) is 70.8 Å². The lowest BCUT2D eigenvalue weighted by atomic mass is 9.86. The summed E-state index contributed by atoms with van der Waals surface area (Å²) in [5.74, 6) is 0.611. The van der Waals surface area contributed by atoms with Crippen LogP contribution >= 0.6 is 0 Å². The van der Waals surface area contributed by atoms with Gasteiger partial charge in [-0.25, -0.2) is 0 Å². The molecule has 13 heavy (non-hydrogen) atoms. The van der Waals surface area contributed by atoms with Crippen LogP contribution in [0.2, 0.25) is 0 Å². The predicted octanol–water partition coefficient (Wildman–Crippen LogP) is 3.51. The summed E-state index contributed by atoms with van der Waals surface area (Å²) >= 11 is 0. The quantitative estimate of drug-likeness (QED) is 0.711. The third kappa shape index (κ3) is 4.12. The zero-order chi connectivity index (χ0) is 9.52. The summed E-state index contributed by atoms with van der Waals surface area (Å²) in [6.07, 6.45) is 11.5. The van der Waals surface area contributed by atoms with Crippen LogP contribution in [0.25, 0.3) is 0 Å². The van der Waals surface area contributed by atoms with Gasteiger partial charge in [-0.05, 0) is 25.2 Å². The van der Waals surface area contributed by atoms with Crippen LogP contribution in [0.3, 0.4) is 0 Å². The lowest BCUT2D eigenvalue weighted by molar-refractivity contribution is 0.0826. The molecule has 1 atom stereocenters. The molecule has 0 aromatic carbocycles. The molecule has 0 spiro atoms. The molecule has 0 aliphatic heterocycles. The van der Waals surface area contributed by atoms with E-state index in [0.29, 0.717) is 5.92 Å². The SMILES string of the molecule is CCCC(O)C1CCCCCCC1. The standard InChI is InChI=1S/C12H24O/c1-2-8-12(13)11-9-6-4-3-5-7-10-11/h11-13H,2-10H2,1H3. The van der Waals surface area contributed by atoms with Gasteiger partial charge in [0.1, 0.15) is 0 Å². The van der Waals surface area contributed by atoms with Crippen molar-refractivity contribution in [2.24, 2.45) is 5.92 Å². The Morgan fingerprint density at radius 2 is 1.62 bits per heavy atom. The van der Waals surface area contributed by atoms with Gasteiger partial charge in [0.2, 0.25) is 0 Å². The van der Waals surface area contributed by atoms with E-state index >= 15 is 0 Å². The summed E-state index contributed by atoms with van der Waals surface area (Å²) in [7, 11) is 0. The number of aliphatic hydroxyl groups excluding tert-OH is 1. The third-order valence-corrected chi connectivity index (χ3v) is 3.28. The molecule has 0 aromatic heterocycles. The predicted molar refractivity (Wildman–Crippen MR) is 56.7 cm³/mol. The maximum Gasteiger partial charge on any atom is 0.0568 e. The molecule has 0 radical (unpaired) electrons. The average Bonchev–Trinajstić information content (AvgIpc) is 2.03. The van der Waals surface area contributed by atoms with Gasteiger partial charge in [0.25, 0.3) is 0 Å². The Morgan fingerprint density at radius 3 is 2.15 bits per heavy atom. The van der Waals surface area contributed by atoms with E-state index in [-0.39, 0.29) is 6.10 Å². The van der Waals surface area contributed by atoms with Crippen LogP contribution in [0.15, 0.2) is 0 Å². The first kappa shape index (κ1) is 11.0. The van der Waals surface area contributed by atoms with Gasteiger partial charge < -0.3 is 5.11 Å². The molecule has 1 aliphatic carbocycles. The zero-order valence-electron chi connectivity index (χ0n) is 8.97.